The summed E-state index contributed by atoms with van der Waals surface area (Å²) in [5.74, 6) is 0. The van der Waals surface area contributed by atoms with E-state index in [4.69, 9.17) is 23.2 Å². The molecule has 0 radical (unpaired) electrons. The summed E-state index contributed by atoms with van der Waals surface area (Å²) in [6, 6.07) is 10.6. The topological polar surface area (TPSA) is 74.0 Å². The Morgan fingerprint density at radius 2 is 1.61 bits per heavy atom. The number of benzene rings is 2. The number of halogens is 2. The quantitative estimate of drug-likeness (QED) is 0.531. The lowest BCUT2D eigenvalue weighted by atomic mass is 10.2. The molecule has 0 spiro atoms. The van der Waals surface area contributed by atoms with Crippen molar-refractivity contribution in [3.63, 3.8) is 0 Å². The molecule has 9 heteroatoms. The maximum atomic E-state index is 12.8. The van der Waals surface area contributed by atoms with E-state index in [1.165, 1.54) is 0 Å². The first kappa shape index (κ1) is 19.9. The van der Waals surface area contributed by atoms with Gasteiger partial charge in [0.2, 0.25) is 0 Å². The van der Waals surface area contributed by atoms with E-state index in [-0.39, 0.29) is 5.25 Å². The second-order valence-corrected chi connectivity index (χ2v) is 10.3. The molecule has 1 aliphatic heterocycles. The SMILES string of the molecule is O=S(Nc1ccc(Cl)c2c(Cl)c[nH]c12)c1ccc(S(=O)C2CCNCC2)cc1. The summed E-state index contributed by atoms with van der Waals surface area (Å²) in [7, 11) is -2.52. The fraction of sp³-hybridized carbons (Fsp3) is 0.263. The van der Waals surface area contributed by atoms with E-state index in [1.807, 2.05) is 0 Å². The third kappa shape index (κ3) is 4.00. The monoisotopic (exact) mass is 455 g/mol. The van der Waals surface area contributed by atoms with Gasteiger partial charge in [-0.25, -0.2) is 4.21 Å². The van der Waals surface area contributed by atoms with Crippen LogP contribution in [0.2, 0.25) is 10.0 Å². The fourth-order valence-corrected chi connectivity index (χ4v) is 6.19. The fourth-order valence-electron chi connectivity index (χ4n) is 3.31. The molecule has 2 heterocycles. The first-order chi connectivity index (χ1) is 13.5. The Labute approximate surface area is 178 Å². The van der Waals surface area contributed by atoms with Gasteiger partial charge < -0.3 is 10.3 Å². The highest BCUT2D eigenvalue weighted by atomic mass is 35.5. The van der Waals surface area contributed by atoms with Crippen LogP contribution in [0, 0.1) is 0 Å². The second kappa shape index (κ2) is 8.55. The Hall–Kier alpha value is -1.38. The number of H-pyrrole nitrogens is 1. The summed E-state index contributed by atoms with van der Waals surface area (Å²) < 4.78 is 28.5. The van der Waals surface area contributed by atoms with Crippen molar-refractivity contribution < 1.29 is 8.42 Å². The summed E-state index contributed by atoms with van der Waals surface area (Å²) in [5, 5.41) is 5.20. The molecule has 28 heavy (non-hydrogen) atoms. The molecule has 0 saturated carbocycles. The van der Waals surface area contributed by atoms with Gasteiger partial charge in [-0.05, 0) is 62.3 Å². The molecule has 2 aromatic carbocycles. The molecule has 4 rings (SSSR count). The van der Waals surface area contributed by atoms with E-state index in [0.717, 1.165) is 30.8 Å². The van der Waals surface area contributed by atoms with Gasteiger partial charge in [0.15, 0.2) is 0 Å². The minimum atomic E-state index is -1.48. The van der Waals surface area contributed by atoms with Crippen LogP contribution in [0.25, 0.3) is 10.9 Å². The molecule has 2 unspecified atom stereocenters. The highest BCUT2D eigenvalue weighted by Gasteiger charge is 2.21. The smallest absolute Gasteiger partial charge is 0.150 e. The highest BCUT2D eigenvalue weighted by molar-refractivity contribution is 7.86. The van der Waals surface area contributed by atoms with Gasteiger partial charge in [0.05, 0.1) is 36.9 Å². The molecule has 3 aromatic rings. The van der Waals surface area contributed by atoms with Crippen LogP contribution in [0.3, 0.4) is 0 Å². The number of rotatable bonds is 5. The molecule has 3 N–H and O–H groups in total. The minimum Gasteiger partial charge on any atom is -0.358 e. The van der Waals surface area contributed by atoms with Crippen molar-refractivity contribution in [3.8, 4) is 0 Å². The lowest BCUT2D eigenvalue weighted by Crippen LogP contribution is -2.33. The van der Waals surface area contributed by atoms with Crippen molar-refractivity contribution >= 4 is 61.6 Å². The first-order valence-electron chi connectivity index (χ1n) is 8.89. The van der Waals surface area contributed by atoms with E-state index in [2.05, 4.69) is 15.0 Å². The Bertz CT molecular complexity index is 1050. The minimum absolute atomic E-state index is 0.177. The standard InChI is InChI=1S/C19H19Cl2N3O2S2/c20-15-5-6-17(19-18(15)16(21)11-23-19)24-28(26)14-3-1-12(2-4-14)27(25)13-7-9-22-10-8-13/h1-6,11,13,22-24H,7-10H2. The average molecular weight is 456 g/mol. The molecule has 2 atom stereocenters. The van der Waals surface area contributed by atoms with Crippen LogP contribution < -0.4 is 10.0 Å². The number of aromatic nitrogens is 1. The third-order valence-electron chi connectivity index (χ3n) is 4.80. The second-order valence-electron chi connectivity index (χ2n) is 6.57. The van der Waals surface area contributed by atoms with E-state index >= 15 is 0 Å². The normalized spacial score (nSPS) is 17.5. The summed E-state index contributed by atoms with van der Waals surface area (Å²) >= 11 is 12.4. The van der Waals surface area contributed by atoms with Crippen LogP contribution >= 0.6 is 23.2 Å². The van der Waals surface area contributed by atoms with Gasteiger partial charge in [-0.15, -0.1) is 0 Å². The van der Waals surface area contributed by atoms with Gasteiger partial charge >= 0.3 is 0 Å². The van der Waals surface area contributed by atoms with Gasteiger partial charge in [0, 0.05) is 21.7 Å². The number of fused-ring (bicyclic) bond motifs is 1. The van der Waals surface area contributed by atoms with Crippen molar-refractivity contribution in [2.24, 2.45) is 0 Å². The first-order valence-corrected chi connectivity index (χ1v) is 12.0. The Morgan fingerprint density at radius 3 is 2.32 bits per heavy atom. The van der Waals surface area contributed by atoms with Gasteiger partial charge in [-0.2, -0.15) is 0 Å². The van der Waals surface area contributed by atoms with Crippen molar-refractivity contribution in [2.75, 3.05) is 17.8 Å². The predicted octanol–water partition coefficient (Wildman–Crippen LogP) is 4.47. The van der Waals surface area contributed by atoms with Crippen LogP contribution in [0.1, 0.15) is 12.8 Å². The van der Waals surface area contributed by atoms with E-state index < -0.39 is 21.8 Å². The zero-order valence-corrected chi connectivity index (χ0v) is 18.0. The molecule has 148 valence electrons. The van der Waals surface area contributed by atoms with Gasteiger partial charge in [-0.3, -0.25) is 8.93 Å². The lowest BCUT2D eigenvalue weighted by Gasteiger charge is -2.22. The summed E-state index contributed by atoms with van der Waals surface area (Å²) in [6.07, 6.45) is 3.47. The van der Waals surface area contributed by atoms with Crippen LogP contribution in [0.5, 0.6) is 0 Å². The van der Waals surface area contributed by atoms with Crippen molar-refractivity contribution in [2.45, 2.75) is 27.9 Å². The maximum absolute atomic E-state index is 12.8. The summed E-state index contributed by atoms with van der Waals surface area (Å²) in [6.45, 7) is 1.81. The molecule has 1 aromatic heterocycles. The molecular weight excluding hydrogens is 437 g/mol. The van der Waals surface area contributed by atoms with Gasteiger partial charge in [-0.1, -0.05) is 23.2 Å². The Kier molecular flexibility index (Phi) is 6.08. The number of hydrogen-bond donors (Lipinski definition) is 3. The zero-order valence-electron chi connectivity index (χ0n) is 14.8. The molecule has 5 nitrogen and oxygen atoms in total. The van der Waals surface area contributed by atoms with Crippen molar-refractivity contribution in [1.82, 2.24) is 10.3 Å². The molecule has 0 bridgehead atoms. The number of aromatic amines is 1. The lowest BCUT2D eigenvalue weighted by molar-refractivity contribution is 0.519. The van der Waals surface area contributed by atoms with E-state index in [9.17, 15) is 8.42 Å². The highest BCUT2D eigenvalue weighted by Crippen LogP contribution is 2.35. The van der Waals surface area contributed by atoms with Crippen molar-refractivity contribution in [1.29, 1.82) is 0 Å². The summed E-state index contributed by atoms with van der Waals surface area (Å²) in [5.41, 5.74) is 1.35. The number of piperidine rings is 1. The predicted molar refractivity (Wildman–Crippen MR) is 117 cm³/mol. The number of nitrogens with one attached hydrogen (secondary N) is 3. The van der Waals surface area contributed by atoms with Crippen LogP contribution in [-0.2, 0) is 21.8 Å². The Balaban J connectivity index is 1.51. The molecule has 1 aliphatic rings. The Morgan fingerprint density at radius 1 is 0.929 bits per heavy atom. The zero-order chi connectivity index (χ0) is 19.7. The number of hydrogen-bond acceptors (Lipinski definition) is 3. The third-order valence-corrected chi connectivity index (χ3v) is 8.33. The largest absolute Gasteiger partial charge is 0.358 e. The molecule has 1 saturated heterocycles. The number of anilines is 1. The average Bonchev–Trinajstić information content (AvgIpc) is 3.13. The van der Waals surface area contributed by atoms with Crippen LogP contribution in [0.15, 0.2) is 52.4 Å². The van der Waals surface area contributed by atoms with E-state index in [0.29, 0.717) is 31.5 Å². The molecule has 1 fully saturated rings. The molecule has 0 aliphatic carbocycles. The van der Waals surface area contributed by atoms with Gasteiger partial charge in [0.25, 0.3) is 0 Å². The molecular formula is C19H19Cl2N3O2S2. The van der Waals surface area contributed by atoms with Gasteiger partial charge in [0.1, 0.15) is 11.0 Å². The summed E-state index contributed by atoms with van der Waals surface area (Å²) in [4.78, 5) is 4.44. The molecule has 0 amide bonds. The van der Waals surface area contributed by atoms with E-state index in [1.54, 1.807) is 42.6 Å². The van der Waals surface area contributed by atoms with Crippen LogP contribution in [0.4, 0.5) is 5.69 Å². The van der Waals surface area contributed by atoms with Crippen molar-refractivity contribution in [3.05, 3.63) is 52.6 Å². The van der Waals surface area contributed by atoms with Crippen LogP contribution in [-0.4, -0.2) is 31.7 Å². The maximum Gasteiger partial charge on any atom is 0.150 e.